The van der Waals surface area contributed by atoms with Gasteiger partial charge in [-0.3, -0.25) is 9.36 Å². The molecule has 1 unspecified atom stereocenters. The molecule has 3 atom stereocenters. The van der Waals surface area contributed by atoms with E-state index < -0.39 is 50.1 Å². The van der Waals surface area contributed by atoms with Gasteiger partial charge in [0.05, 0.1) is 24.2 Å². The van der Waals surface area contributed by atoms with Crippen LogP contribution in [0.4, 0.5) is 27.8 Å². The average molecular weight is 587 g/mol. The molecule has 1 aliphatic rings. The molecule has 0 N–H and O–H groups in total. The molecule has 4 aromatic rings. The molecule has 0 radical (unpaired) electrons. The monoisotopic (exact) mass is 587 g/mol. The number of rotatable bonds is 7. The van der Waals surface area contributed by atoms with Gasteiger partial charge < -0.3 is 9.26 Å². The van der Waals surface area contributed by atoms with E-state index in [1.165, 1.54) is 19.2 Å². The first kappa shape index (κ1) is 27.1. The van der Waals surface area contributed by atoms with Gasteiger partial charge in [0.15, 0.2) is 5.82 Å². The molecule has 1 aliphatic carbocycles. The topological polar surface area (TPSA) is 94.6 Å². The Morgan fingerprint density at radius 1 is 1.13 bits per heavy atom. The van der Waals surface area contributed by atoms with Crippen molar-refractivity contribution in [3.05, 3.63) is 76.3 Å². The van der Waals surface area contributed by atoms with Gasteiger partial charge in [0, 0.05) is 29.7 Å². The minimum Gasteiger partial charge on any atom is -0.495 e. The average Bonchev–Trinajstić information content (AvgIpc) is 3.51. The third-order valence-electron chi connectivity index (χ3n) is 6.45. The van der Waals surface area contributed by atoms with E-state index in [-0.39, 0.29) is 48.9 Å². The second-order valence-corrected chi connectivity index (χ2v) is 11.7. The molecule has 206 valence electrons. The third kappa shape index (κ3) is 4.65. The van der Waals surface area contributed by atoms with E-state index in [1.54, 1.807) is 6.66 Å². The van der Waals surface area contributed by atoms with Crippen molar-refractivity contribution >= 4 is 35.5 Å². The van der Waals surface area contributed by atoms with E-state index in [1.807, 2.05) is 0 Å². The summed E-state index contributed by atoms with van der Waals surface area (Å²) in [5.74, 6) is -5.12. The Morgan fingerprint density at radius 2 is 1.87 bits per heavy atom. The number of methoxy groups -OCH3 is 1. The van der Waals surface area contributed by atoms with Gasteiger partial charge >= 0.3 is 6.18 Å². The van der Waals surface area contributed by atoms with Gasteiger partial charge in [0.2, 0.25) is 0 Å². The summed E-state index contributed by atoms with van der Waals surface area (Å²) in [6, 6.07) is 7.44. The standard InChI is InChI=1S/C24H19F5N3O5PS/c1-36-20-9-14(13-8-15(13)24(27,28)29)16(25)10-19(20)31-18-11-17(26)21(7-12(18)3-4-23(31)33)39(34,35)32(38-2)22-5-6-37-30-22/h3-7,9-11,13,15,38H,8H2,1-2H3/t13-,15+/m0/s1. The normalized spacial score (nSPS) is 17.7. The number of sulfonamides is 1. The van der Waals surface area contributed by atoms with E-state index in [0.29, 0.717) is 0 Å². The van der Waals surface area contributed by atoms with Crippen LogP contribution < -0.4 is 14.4 Å². The lowest BCUT2D eigenvalue weighted by Gasteiger charge is -2.21. The molecule has 0 bridgehead atoms. The van der Waals surface area contributed by atoms with Crippen LogP contribution in [0.3, 0.4) is 0 Å². The number of pyridine rings is 1. The van der Waals surface area contributed by atoms with E-state index >= 15 is 8.78 Å². The fourth-order valence-electron chi connectivity index (χ4n) is 4.53. The van der Waals surface area contributed by atoms with Crippen molar-refractivity contribution in [2.45, 2.75) is 23.4 Å². The van der Waals surface area contributed by atoms with Crippen LogP contribution in [0, 0.1) is 17.6 Å². The zero-order valence-electron chi connectivity index (χ0n) is 20.2. The number of ether oxygens (including phenoxy) is 1. The van der Waals surface area contributed by atoms with Crippen molar-refractivity contribution in [1.82, 2.24) is 9.72 Å². The van der Waals surface area contributed by atoms with E-state index in [9.17, 15) is 26.4 Å². The van der Waals surface area contributed by atoms with Crippen molar-refractivity contribution < 1.29 is 39.6 Å². The molecule has 5 rings (SSSR count). The number of alkyl halides is 3. The fourth-order valence-corrected chi connectivity index (χ4v) is 7.25. The SMILES string of the molecule is COc1cc([C@@H]2C[C@H]2C(F)(F)F)c(F)cc1-n1c(=O)ccc2cc(S(=O)(=O)N(PC)c3ccon3)c(F)cc21. The number of hydrogen-bond acceptors (Lipinski definition) is 6. The van der Waals surface area contributed by atoms with Gasteiger partial charge in [-0.2, -0.15) is 13.2 Å². The van der Waals surface area contributed by atoms with Crippen molar-refractivity contribution in [3.8, 4) is 11.4 Å². The molecule has 0 saturated heterocycles. The molecule has 2 heterocycles. The van der Waals surface area contributed by atoms with Crippen molar-refractivity contribution in [2.75, 3.05) is 17.9 Å². The molecule has 0 aliphatic heterocycles. The van der Waals surface area contributed by atoms with Crippen LogP contribution in [0.1, 0.15) is 17.9 Å². The maximum absolute atomic E-state index is 15.4. The molecule has 0 spiro atoms. The Labute approximate surface area is 219 Å². The summed E-state index contributed by atoms with van der Waals surface area (Å²) in [4.78, 5) is 12.2. The Hall–Kier alpha value is -3.51. The molecule has 39 heavy (non-hydrogen) atoms. The maximum atomic E-state index is 15.4. The van der Waals surface area contributed by atoms with E-state index in [0.717, 1.165) is 45.2 Å². The zero-order chi connectivity index (χ0) is 28.3. The summed E-state index contributed by atoms with van der Waals surface area (Å²) < 4.78 is 108. The lowest BCUT2D eigenvalue weighted by molar-refractivity contribution is -0.148. The van der Waals surface area contributed by atoms with Gasteiger partial charge in [-0.05, 0) is 51.5 Å². The summed E-state index contributed by atoms with van der Waals surface area (Å²) >= 11 is 0. The first-order chi connectivity index (χ1) is 18.4. The highest BCUT2D eigenvalue weighted by molar-refractivity contribution is 7.97. The van der Waals surface area contributed by atoms with Crippen LogP contribution in [-0.2, 0) is 10.0 Å². The van der Waals surface area contributed by atoms with Gasteiger partial charge in [-0.15, -0.1) is 0 Å². The lowest BCUT2D eigenvalue weighted by Crippen LogP contribution is -2.24. The molecule has 2 aromatic carbocycles. The molecule has 0 amide bonds. The van der Waals surface area contributed by atoms with Gasteiger partial charge in [0.1, 0.15) is 28.5 Å². The summed E-state index contributed by atoms with van der Waals surface area (Å²) in [6.07, 6.45) is -3.59. The predicted octanol–water partition coefficient (Wildman–Crippen LogP) is 5.35. The lowest BCUT2D eigenvalue weighted by atomic mass is 10.1. The van der Waals surface area contributed by atoms with Crippen molar-refractivity contribution in [3.63, 3.8) is 0 Å². The summed E-state index contributed by atoms with van der Waals surface area (Å²) in [5, 5.41) is 3.72. The van der Waals surface area contributed by atoms with E-state index in [2.05, 4.69) is 5.16 Å². The van der Waals surface area contributed by atoms with Crippen LogP contribution in [0.2, 0.25) is 0 Å². The number of nitrogens with zero attached hydrogens (tertiary/aromatic N) is 3. The van der Waals surface area contributed by atoms with Crippen LogP contribution >= 0.6 is 8.73 Å². The highest BCUT2D eigenvalue weighted by Gasteiger charge is 2.57. The van der Waals surface area contributed by atoms with Crippen LogP contribution in [-0.4, -0.2) is 38.1 Å². The molecule has 1 saturated carbocycles. The van der Waals surface area contributed by atoms with Crippen LogP contribution in [0.5, 0.6) is 5.75 Å². The first-order valence-corrected chi connectivity index (χ1v) is 14.2. The molecule has 15 heteroatoms. The highest BCUT2D eigenvalue weighted by Crippen LogP contribution is 2.57. The number of aromatic nitrogens is 2. The zero-order valence-corrected chi connectivity index (χ0v) is 22.0. The number of halogens is 5. The quantitative estimate of drug-likeness (QED) is 0.214. The van der Waals surface area contributed by atoms with Crippen LogP contribution in [0.15, 0.2) is 62.9 Å². The summed E-state index contributed by atoms with van der Waals surface area (Å²) in [7, 11) is -3.62. The molecule has 2 aromatic heterocycles. The third-order valence-corrected chi connectivity index (χ3v) is 9.89. The van der Waals surface area contributed by atoms with Crippen LogP contribution in [0.25, 0.3) is 16.6 Å². The molecular weight excluding hydrogens is 568 g/mol. The van der Waals surface area contributed by atoms with Gasteiger partial charge in [0.25, 0.3) is 15.6 Å². The Balaban J connectivity index is 1.65. The second-order valence-electron chi connectivity index (χ2n) is 8.73. The second kappa shape index (κ2) is 9.60. The number of benzene rings is 2. The Bertz CT molecular complexity index is 1740. The highest BCUT2D eigenvalue weighted by atomic mass is 32.2. The minimum atomic E-state index is -4.48. The first-order valence-electron chi connectivity index (χ1n) is 11.3. The largest absolute Gasteiger partial charge is 0.495 e. The fraction of sp³-hybridized carbons (Fsp3) is 0.250. The minimum absolute atomic E-state index is 0.0518. The molecule has 1 fully saturated rings. The molecule has 8 nitrogen and oxygen atoms in total. The Kier molecular flexibility index (Phi) is 6.66. The molecular formula is C24H19F5N3O5PS. The predicted molar refractivity (Wildman–Crippen MR) is 133 cm³/mol. The smallest absolute Gasteiger partial charge is 0.392 e. The number of anilines is 1. The van der Waals surface area contributed by atoms with Crippen molar-refractivity contribution in [2.24, 2.45) is 5.92 Å². The van der Waals surface area contributed by atoms with E-state index in [4.69, 9.17) is 9.26 Å². The van der Waals surface area contributed by atoms with Gasteiger partial charge in [-0.1, -0.05) is 5.16 Å². The Morgan fingerprint density at radius 3 is 2.46 bits per heavy atom. The van der Waals surface area contributed by atoms with Crippen molar-refractivity contribution in [1.29, 1.82) is 0 Å². The number of hydrogen-bond donors (Lipinski definition) is 0. The summed E-state index contributed by atoms with van der Waals surface area (Å²) in [5.41, 5.74) is -1.25. The number of fused-ring (bicyclic) bond motifs is 1. The summed E-state index contributed by atoms with van der Waals surface area (Å²) in [6.45, 7) is 1.55. The maximum Gasteiger partial charge on any atom is 0.392 e. The van der Waals surface area contributed by atoms with Gasteiger partial charge in [-0.25, -0.2) is 21.3 Å².